The van der Waals surface area contributed by atoms with E-state index >= 15 is 0 Å². The van der Waals surface area contributed by atoms with Crippen molar-refractivity contribution in [1.82, 2.24) is 4.98 Å². The molecule has 0 amide bonds. The van der Waals surface area contributed by atoms with Crippen LogP contribution in [0.2, 0.25) is 0 Å². The van der Waals surface area contributed by atoms with Crippen molar-refractivity contribution >= 4 is 5.69 Å². The van der Waals surface area contributed by atoms with Gasteiger partial charge in [-0.25, -0.2) is 0 Å². The van der Waals surface area contributed by atoms with Gasteiger partial charge in [0, 0.05) is 0 Å². The molecule has 1 aromatic rings. The summed E-state index contributed by atoms with van der Waals surface area (Å²) in [4.78, 5) is 4.12. The lowest BCUT2D eigenvalue weighted by molar-refractivity contribution is -0.135. The van der Waals surface area contributed by atoms with E-state index in [0.717, 1.165) is 5.69 Å². The quantitative estimate of drug-likeness (QED) is 0.739. The fraction of sp³-hybridized carbons (Fsp3) is 0.444. The summed E-state index contributed by atoms with van der Waals surface area (Å²) in [6.45, 7) is 1.94. The van der Waals surface area contributed by atoms with E-state index in [1.54, 1.807) is 6.20 Å². The van der Waals surface area contributed by atoms with Gasteiger partial charge in [-0.1, -0.05) is 0 Å². The monoisotopic (exact) mass is 180 g/mol. The van der Waals surface area contributed by atoms with Crippen LogP contribution in [0.4, 0.5) is 5.69 Å². The van der Waals surface area contributed by atoms with E-state index in [-0.39, 0.29) is 6.10 Å². The Hall–Kier alpha value is -1.13. The molecule has 0 atom stereocenters. The number of rotatable bonds is 3. The fourth-order valence-corrected chi connectivity index (χ4v) is 1.03. The second-order valence-electron chi connectivity index (χ2n) is 3.05. The summed E-state index contributed by atoms with van der Waals surface area (Å²) in [7, 11) is 0. The van der Waals surface area contributed by atoms with Gasteiger partial charge in [-0.2, -0.15) is 0 Å². The molecule has 0 unspecified atom stereocenters. The topological polar surface area (TPSA) is 57.4 Å². The second kappa shape index (κ2) is 3.72. The van der Waals surface area contributed by atoms with Crippen LogP contribution in [0.1, 0.15) is 5.69 Å². The minimum absolute atomic E-state index is 0.249. The molecule has 1 saturated heterocycles. The number of hydrogen-bond donors (Lipinski definition) is 1. The first-order chi connectivity index (χ1) is 6.34. The van der Waals surface area contributed by atoms with Crippen LogP contribution in [-0.2, 0) is 16.1 Å². The van der Waals surface area contributed by atoms with Crippen molar-refractivity contribution in [2.75, 3.05) is 18.9 Å². The maximum Gasteiger partial charge on any atom is 0.105 e. The molecule has 4 nitrogen and oxygen atoms in total. The van der Waals surface area contributed by atoms with Gasteiger partial charge < -0.3 is 15.2 Å². The van der Waals surface area contributed by atoms with Gasteiger partial charge in [0.2, 0.25) is 0 Å². The zero-order chi connectivity index (χ0) is 9.10. The molecule has 70 valence electrons. The SMILES string of the molecule is Nc1ccc(COC2COC2)nc1. The Morgan fingerprint density at radius 2 is 2.38 bits per heavy atom. The van der Waals surface area contributed by atoms with Gasteiger partial charge in [0.05, 0.1) is 37.4 Å². The summed E-state index contributed by atoms with van der Waals surface area (Å²) in [6.07, 6.45) is 1.88. The molecule has 1 aliphatic rings. The van der Waals surface area contributed by atoms with Gasteiger partial charge in [0.1, 0.15) is 6.10 Å². The predicted octanol–water partition coefficient (Wildman–Crippen LogP) is 0.579. The number of aromatic nitrogens is 1. The minimum Gasteiger partial charge on any atom is -0.397 e. The molecule has 13 heavy (non-hydrogen) atoms. The lowest BCUT2D eigenvalue weighted by atomic mass is 10.3. The third-order valence-electron chi connectivity index (χ3n) is 1.92. The van der Waals surface area contributed by atoms with Crippen LogP contribution in [0.3, 0.4) is 0 Å². The van der Waals surface area contributed by atoms with E-state index in [4.69, 9.17) is 15.2 Å². The molecule has 0 spiro atoms. The predicted molar refractivity (Wildman–Crippen MR) is 48.0 cm³/mol. The number of nitrogens with zero attached hydrogens (tertiary/aromatic N) is 1. The summed E-state index contributed by atoms with van der Waals surface area (Å²) < 4.78 is 10.5. The standard InChI is InChI=1S/C9H12N2O2/c10-7-1-2-8(11-3-7)4-13-9-5-12-6-9/h1-3,9H,4-6,10H2. The molecule has 0 bridgehead atoms. The lowest BCUT2D eigenvalue weighted by Crippen LogP contribution is -2.35. The molecule has 2 rings (SSSR count). The van der Waals surface area contributed by atoms with E-state index in [2.05, 4.69) is 4.98 Å². The van der Waals surface area contributed by atoms with Gasteiger partial charge in [0.15, 0.2) is 0 Å². The minimum atomic E-state index is 0.249. The number of nitrogen functional groups attached to an aromatic ring is 1. The van der Waals surface area contributed by atoms with E-state index in [1.807, 2.05) is 12.1 Å². The van der Waals surface area contributed by atoms with E-state index < -0.39 is 0 Å². The highest BCUT2D eigenvalue weighted by Crippen LogP contribution is 2.09. The van der Waals surface area contributed by atoms with E-state index in [1.165, 1.54) is 0 Å². The van der Waals surface area contributed by atoms with Crippen LogP contribution in [0.25, 0.3) is 0 Å². The van der Waals surface area contributed by atoms with Crippen LogP contribution in [0.5, 0.6) is 0 Å². The molecular weight excluding hydrogens is 168 g/mol. The highest BCUT2D eigenvalue weighted by molar-refractivity contribution is 5.34. The van der Waals surface area contributed by atoms with Crippen molar-refractivity contribution in [3.8, 4) is 0 Å². The Morgan fingerprint density at radius 1 is 1.54 bits per heavy atom. The van der Waals surface area contributed by atoms with Crippen molar-refractivity contribution in [2.24, 2.45) is 0 Å². The number of hydrogen-bond acceptors (Lipinski definition) is 4. The van der Waals surface area contributed by atoms with Gasteiger partial charge in [-0.15, -0.1) is 0 Å². The van der Waals surface area contributed by atoms with Crippen LogP contribution >= 0.6 is 0 Å². The Bertz CT molecular complexity index is 269. The number of nitrogens with two attached hydrogens (primary N) is 1. The summed E-state index contributed by atoms with van der Waals surface area (Å²) in [5.41, 5.74) is 7.08. The van der Waals surface area contributed by atoms with E-state index in [9.17, 15) is 0 Å². The number of ether oxygens (including phenoxy) is 2. The first-order valence-corrected chi connectivity index (χ1v) is 4.24. The van der Waals surface area contributed by atoms with Crippen molar-refractivity contribution in [3.63, 3.8) is 0 Å². The molecule has 2 N–H and O–H groups in total. The zero-order valence-electron chi connectivity index (χ0n) is 7.27. The Labute approximate surface area is 76.7 Å². The Balaban J connectivity index is 1.83. The largest absolute Gasteiger partial charge is 0.397 e. The van der Waals surface area contributed by atoms with Gasteiger partial charge in [0.25, 0.3) is 0 Å². The summed E-state index contributed by atoms with van der Waals surface area (Å²) in [6, 6.07) is 3.69. The summed E-state index contributed by atoms with van der Waals surface area (Å²) in [5.74, 6) is 0. The van der Waals surface area contributed by atoms with E-state index in [0.29, 0.717) is 25.5 Å². The molecule has 0 aliphatic carbocycles. The molecule has 1 fully saturated rings. The van der Waals surface area contributed by atoms with Crippen molar-refractivity contribution in [3.05, 3.63) is 24.0 Å². The molecule has 0 radical (unpaired) electrons. The highest BCUT2D eigenvalue weighted by atomic mass is 16.6. The van der Waals surface area contributed by atoms with Crippen LogP contribution < -0.4 is 5.73 Å². The average molecular weight is 180 g/mol. The first-order valence-electron chi connectivity index (χ1n) is 4.24. The third kappa shape index (κ3) is 2.17. The molecule has 2 heterocycles. The summed E-state index contributed by atoms with van der Waals surface area (Å²) >= 11 is 0. The van der Waals surface area contributed by atoms with Gasteiger partial charge in [-0.3, -0.25) is 4.98 Å². The smallest absolute Gasteiger partial charge is 0.105 e. The van der Waals surface area contributed by atoms with Crippen LogP contribution in [0.15, 0.2) is 18.3 Å². The maximum absolute atomic E-state index is 5.50. The lowest BCUT2D eigenvalue weighted by Gasteiger charge is -2.25. The number of pyridine rings is 1. The first kappa shape index (κ1) is 8.47. The Kier molecular flexibility index (Phi) is 2.42. The summed E-state index contributed by atoms with van der Waals surface area (Å²) in [5, 5.41) is 0. The molecule has 0 saturated carbocycles. The fourth-order valence-electron chi connectivity index (χ4n) is 1.03. The van der Waals surface area contributed by atoms with Gasteiger partial charge in [-0.05, 0) is 12.1 Å². The highest BCUT2D eigenvalue weighted by Gasteiger charge is 2.18. The van der Waals surface area contributed by atoms with Crippen LogP contribution in [0, 0.1) is 0 Å². The molecule has 1 aliphatic heterocycles. The normalized spacial score (nSPS) is 16.9. The van der Waals surface area contributed by atoms with Crippen molar-refractivity contribution in [2.45, 2.75) is 12.7 Å². The average Bonchev–Trinajstić information content (AvgIpc) is 2.05. The third-order valence-corrected chi connectivity index (χ3v) is 1.92. The van der Waals surface area contributed by atoms with Crippen molar-refractivity contribution < 1.29 is 9.47 Å². The Morgan fingerprint density at radius 3 is 2.92 bits per heavy atom. The second-order valence-corrected chi connectivity index (χ2v) is 3.05. The van der Waals surface area contributed by atoms with Crippen LogP contribution in [-0.4, -0.2) is 24.3 Å². The zero-order valence-corrected chi connectivity index (χ0v) is 7.27. The van der Waals surface area contributed by atoms with Gasteiger partial charge >= 0.3 is 0 Å². The molecule has 4 heteroatoms. The molecular formula is C9H12N2O2. The molecule has 0 aromatic carbocycles. The maximum atomic E-state index is 5.50. The van der Waals surface area contributed by atoms with Crippen molar-refractivity contribution in [1.29, 1.82) is 0 Å². The number of anilines is 1. The molecule has 1 aromatic heterocycles.